The number of fused-ring (bicyclic) bond motifs is 1. The van der Waals surface area contributed by atoms with Crippen LogP contribution in [0.5, 0.6) is 0 Å². The van der Waals surface area contributed by atoms with E-state index in [0.29, 0.717) is 34.4 Å². The van der Waals surface area contributed by atoms with E-state index in [1.165, 1.54) is 7.11 Å². The van der Waals surface area contributed by atoms with Gasteiger partial charge in [-0.15, -0.1) is 0 Å². The molecule has 2 aliphatic heterocycles. The number of benzene rings is 3. The lowest BCUT2D eigenvalue weighted by Crippen LogP contribution is -2.47. The van der Waals surface area contributed by atoms with E-state index in [9.17, 15) is 14.4 Å². The lowest BCUT2D eigenvalue weighted by Gasteiger charge is -2.38. The van der Waals surface area contributed by atoms with Gasteiger partial charge in [0, 0.05) is 36.7 Å². The molecule has 0 unspecified atom stereocenters. The predicted molar refractivity (Wildman–Crippen MR) is 165 cm³/mol. The van der Waals surface area contributed by atoms with Crippen LogP contribution in [-0.4, -0.2) is 66.5 Å². The first-order valence-electron chi connectivity index (χ1n) is 14.6. The summed E-state index contributed by atoms with van der Waals surface area (Å²) >= 11 is 0. The molecule has 9 heteroatoms. The highest BCUT2D eigenvalue weighted by Crippen LogP contribution is 2.42. The molecule has 2 aliphatic rings. The summed E-state index contributed by atoms with van der Waals surface area (Å²) in [6.45, 7) is 2.74. The second-order valence-corrected chi connectivity index (χ2v) is 11.3. The summed E-state index contributed by atoms with van der Waals surface area (Å²) in [6, 6.07) is 26.3. The number of rotatable bonds is 5. The zero-order chi connectivity index (χ0) is 30.0. The van der Waals surface area contributed by atoms with Crippen molar-refractivity contribution >= 4 is 34.5 Å². The lowest BCUT2D eigenvalue weighted by atomic mass is 9.77. The Kier molecular flexibility index (Phi) is 7.82. The fourth-order valence-electron chi connectivity index (χ4n) is 6.36. The zero-order valence-electron chi connectivity index (χ0n) is 24.5. The maximum atomic E-state index is 14.3. The first-order valence-corrected chi connectivity index (χ1v) is 14.6. The molecular weight excluding hydrogens is 542 g/mol. The van der Waals surface area contributed by atoms with Crippen molar-refractivity contribution in [2.45, 2.75) is 25.8 Å². The van der Waals surface area contributed by atoms with E-state index < -0.39 is 12.0 Å². The van der Waals surface area contributed by atoms with Crippen molar-refractivity contribution in [1.82, 2.24) is 20.2 Å². The molecule has 6 rings (SSSR count). The van der Waals surface area contributed by atoms with E-state index >= 15 is 0 Å². The molecule has 9 nitrogen and oxygen atoms in total. The Balaban J connectivity index is 1.42. The van der Waals surface area contributed by atoms with Crippen molar-refractivity contribution in [2.24, 2.45) is 5.41 Å². The minimum Gasteiger partial charge on any atom is -0.451 e. The fourth-order valence-corrected chi connectivity index (χ4v) is 6.36. The van der Waals surface area contributed by atoms with Gasteiger partial charge in [-0.3, -0.25) is 19.9 Å². The van der Waals surface area contributed by atoms with Crippen LogP contribution in [0.2, 0.25) is 0 Å². The molecule has 1 spiro atoms. The summed E-state index contributed by atoms with van der Waals surface area (Å²) in [7, 11) is 3.16. The van der Waals surface area contributed by atoms with Gasteiger partial charge < -0.3 is 9.64 Å². The van der Waals surface area contributed by atoms with Crippen molar-refractivity contribution in [3.63, 3.8) is 0 Å². The van der Waals surface area contributed by atoms with Crippen LogP contribution in [0.4, 0.5) is 10.5 Å². The highest BCUT2D eigenvalue weighted by molar-refractivity contribution is 6.10. The number of ether oxygens (including phenoxy) is 1. The molecule has 3 amide bonds. The van der Waals surface area contributed by atoms with Crippen LogP contribution in [0.15, 0.2) is 84.9 Å². The number of hydrogen-bond acceptors (Lipinski definition) is 6. The van der Waals surface area contributed by atoms with Gasteiger partial charge in [-0.2, -0.15) is 5.01 Å². The van der Waals surface area contributed by atoms with Crippen LogP contribution < -0.4 is 10.4 Å². The second-order valence-electron chi connectivity index (χ2n) is 11.3. The number of carbonyl (C=O) groups excluding carboxylic acids is 3. The van der Waals surface area contributed by atoms with Crippen LogP contribution in [0.25, 0.3) is 22.2 Å². The lowest BCUT2D eigenvalue weighted by molar-refractivity contribution is -0.137. The average molecular weight is 578 g/mol. The largest absolute Gasteiger partial charge is 0.451 e. The van der Waals surface area contributed by atoms with E-state index in [4.69, 9.17) is 9.72 Å². The Morgan fingerprint density at radius 2 is 1.53 bits per heavy atom. The summed E-state index contributed by atoms with van der Waals surface area (Å²) in [5.41, 5.74) is 6.51. The molecule has 0 bridgehead atoms. The number of hydrazine groups is 1. The zero-order valence-corrected chi connectivity index (χ0v) is 24.5. The number of nitrogens with zero attached hydrogens (tertiary/aromatic N) is 4. The van der Waals surface area contributed by atoms with Gasteiger partial charge in [-0.1, -0.05) is 66.7 Å². The predicted octanol–water partition coefficient (Wildman–Crippen LogP) is 5.26. The molecule has 1 N–H and O–H groups in total. The van der Waals surface area contributed by atoms with E-state index in [2.05, 4.69) is 10.3 Å². The van der Waals surface area contributed by atoms with Crippen molar-refractivity contribution in [2.75, 3.05) is 38.8 Å². The number of hydrogen-bond donors (Lipinski definition) is 1. The topological polar surface area (TPSA) is 95.1 Å². The minimum atomic E-state index is -0.713. The van der Waals surface area contributed by atoms with E-state index in [1.807, 2.05) is 72.6 Å². The third kappa shape index (κ3) is 5.44. The number of likely N-dealkylation sites (tertiary alicyclic amines) is 2. The van der Waals surface area contributed by atoms with Gasteiger partial charge in [0.1, 0.15) is 0 Å². The van der Waals surface area contributed by atoms with E-state index in [0.717, 1.165) is 55.0 Å². The summed E-state index contributed by atoms with van der Waals surface area (Å²) in [5.74, 6) is -0.200. The fraction of sp³-hybridized carbons (Fsp3) is 0.294. The van der Waals surface area contributed by atoms with Crippen LogP contribution in [0.3, 0.4) is 0 Å². The van der Waals surface area contributed by atoms with Gasteiger partial charge in [0.25, 0.3) is 5.91 Å². The van der Waals surface area contributed by atoms with Crippen LogP contribution in [-0.2, 0) is 16.1 Å². The molecular formula is C34H35N5O4. The Morgan fingerprint density at radius 3 is 2.19 bits per heavy atom. The van der Waals surface area contributed by atoms with Crippen molar-refractivity contribution < 1.29 is 19.1 Å². The number of para-hydroxylation sites is 2. The first kappa shape index (κ1) is 28.4. The van der Waals surface area contributed by atoms with Crippen LogP contribution in [0, 0.1) is 5.41 Å². The van der Waals surface area contributed by atoms with E-state index in [-0.39, 0.29) is 11.3 Å². The molecule has 3 heterocycles. The number of aromatic nitrogens is 1. The summed E-state index contributed by atoms with van der Waals surface area (Å²) in [6.07, 6.45) is 1.74. The first-order chi connectivity index (χ1) is 20.9. The minimum absolute atomic E-state index is 0.244. The Labute approximate surface area is 251 Å². The number of piperidine rings is 1. The average Bonchev–Trinajstić information content (AvgIpc) is 3.33. The normalized spacial score (nSPS) is 16.4. The van der Waals surface area contributed by atoms with Gasteiger partial charge in [-0.05, 0) is 50.6 Å². The van der Waals surface area contributed by atoms with Crippen molar-refractivity contribution in [3.8, 4) is 11.3 Å². The smallest absolute Gasteiger partial charge is 0.433 e. The van der Waals surface area contributed by atoms with Gasteiger partial charge >= 0.3 is 6.09 Å². The molecule has 4 aromatic rings. The number of carbonyl (C=O) groups is 3. The maximum absolute atomic E-state index is 14.3. The third-order valence-electron chi connectivity index (χ3n) is 8.77. The van der Waals surface area contributed by atoms with E-state index in [1.54, 1.807) is 24.3 Å². The van der Waals surface area contributed by atoms with Crippen LogP contribution in [0.1, 0.15) is 35.2 Å². The van der Waals surface area contributed by atoms with Crippen molar-refractivity contribution in [3.05, 3.63) is 96.1 Å². The maximum Gasteiger partial charge on any atom is 0.433 e. The third-order valence-corrected chi connectivity index (χ3v) is 8.77. The molecule has 43 heavy (non-hydrogen) atoms. The van der Waals surface area contributed by atoms with Gasteiger partial charge in [0.15, 0.2) is 0 Å². The molecule has 0 atom stereocenters. The van der Waals surface area contributed by atoms with Gasteiger partial charge in [0.05, 0.1) is 35.0 Å². The Bertz CT molecular complexity index is 1650. The molecule has 0 saturated carbocycles. The summed E-state index contributed by atoms with van der Waals surface area (Å²) in [5, 5.41) is 1.81. The van der Waals surface area contributed by atoms with Crippen molar-refractivity contribution in [1.29, 1.82) is 0 Å². The quantitative estimate of drug-likeness (QED) is 0.325. The molecule has 0 aliphatic carbocycles. The number of amides is 3. The number of nitrogens with one attached hydrogen (secondary N) is 1. The highest BCUT2D eigenvalue weighted by Gasteiger charge is 2.47. The summed E-state index contributed by atoms with van der Waals surface area (Å²) in [4.78, 5) is 49.4. The number of methoxy groups -OCH3 is 1. The standard InChI is InChI=1S/C34H35N5O4/c1-37-20-17-34(32(37)41)18-21-38(22-19-34)23-27-29(31(40)36-39(33(42)43-2)25-13-7-4-8-14-25)26-15-9-10-16-28(26)35-30(27)24-11-5-3-6-12-24/h3-16H,17-23H2,1-2H3,(H,36,40). The van der Waals surface area contributed by atoms with Crippen LogP contribution >= 0.6 is 0 Å². The molecule has 1 aromatic heterocycles. The van der Waals surface area contributed by atoms with Gasteiger partial charge in [-0.25, -0.2) is 9.78 Å². The number of pyridine rings is 1. The molecule has 2 fully saturated rings. The Morgan fingerprint density at radius 1 is 0.907 bits per heavy atom. The Hall–Kier alpha value is -4.76. The van der Waals surface area contributed by atoms with Gasteiger partial charge in [0.2, 0.25) is 5.91 Å². The monoisotopic (exact) mass is 577 g/mol. The number of anilines is 1. The second kappa shape index (κ2) is 11.9. The molecule has 3 aromatic carbocycles. The molecule has 220 valence electrons. The molecule has 0 radical (unpaired) electrons. The highest BCUT2D eigenvalue weighted by atomic mass is 16.5. The summed E-state index contributed by atoms with van der Waals surface area (Å²) < 4.78 is 5.02. The molecule has 2 saturated heterocycles. The SMILES string of the molecule is COC(=O)N(NC(=O)c1c(CN2CCC3(CC2)CCN(C)C3=O)c(-c2ccccc2)nc2ccccc12)c1ccccc1.